The minimum Gasteiger partial charge on any atom is -0.459 e. The first kappa shape index (κ1) is 17.1. The number of esters is 1. The number of allylic oxidation sites excluding steroid dienone is 1. The summed E-state index contributed by atoms with van der Waals surface area (Å²) in [5.41, 5.74) is 2.27. The molecule has 0 aromatic heterocycles. The van der Waals surface area contributed by atoms with Crippen LogP contribution in [-0.2, 0) is 14.3 Å². The van der Waals surface area contributed by atoms with Crippen LogP contribution in [-0.4, -0.2) is 12.3 Å². The van der Waals surface area contributed by atoms with Crippen LogP contribution in [0.15, 0.2) is 23.5 Å². The number of ether oxygens (including phenoxy) is 2. The molecule has 0 amide bonds. The second-order valence-electron chi connectivity index (χ2n) is 7.73. The second kappa shape index (κ2) is 6.89. The molecule has 22 heavy (non-hydrogen) atoms. The van der Waals surface area contributed by atoms with Gasteiger partial charge in [0, 0.05) is 11.6 Å². The first-order chi connectivity index (χ1) is 10.3. The summed E-state index contributed by atoms with van der Waals surface area (Å²) in [5, 5.41) is 0. The molecule has 0 aromatic rings. The van der Waals surface area contributed by atoms with Gasteiger partial charge in [0.15, 0.2) is 0 Å². The highest BCUT2D eigenvalue weighted by molar-refractivity contribution is 5.89. The van der Waals surface area contributed by atoms with Crippen LogP contribution in [0.25, 0.3) is 0 Å². The maximum atomic E-state index is 11.3. The van der Waals surface area contributed by atoms with Crippen molar-refractivity contribution >= 4 is 5.97 Å². The van der Waals surface area contributed by atoms with Crippen molar-refractivity contribution in [3.63, 3.8) is 0 Å². The van der Waals surface area contributed by atoms with Crippen LogP contribution in [0.2, 0.25) is 0 Å². The van der Waals surface area contributed by atoms with Gasteiger partial charge in [-0.25, -0.2) is 4.79 Å². The highest BCUT2D eigenvalue weighted by Crippen LogP contribution is 2.46. The van der Waals surface area contributed by atoms with Crippen LogP contribution >= 0.6 is 0 Å². The molecule has 1 aliphatic carbocycles. The van der Waals surface area contributed by atoms with Crippen LogP contribution in [0.4, 0.5) is 0 Å². The standard InChI is InChI=1S/C19H30O3/c1-13(12-21-17-11-15(3)18(20)22-17)8-9-16-14(2)7-6-10-19(16,4)5/h11-12,14,16-17H,6-10H2,1-5H3. The predicted molar refractivity (Wildman–Crippen MR) is 88.0 cm³/mol. The summed E-state index contributed by atoms with van der Waals surface area (Å²) in [5.74, 6) is 1.30. The molecule has 0 bridgehead atoms. The van der Waals surface area contributed by atoms with Gasteiger partial charge in [0.2, 0.25) is 0 Å². The highest BCUT2D eigenvalue weighted by atomic mass is 16.7. The topological polar surface area (TPSA) is 35.5 Å². The van der Waals surface area contributed by atoms with Crippen molar-refractivity contribution in [1.29, 1.82) is 0 Å². The number of hydrogen-bond acceptors (Lipinski definition) is 3. The molecule has 1 fully saturated rings. The van der Waals surface area contributed by atoms with E-state index in [1.807, 2.05) is 0 Å². The van der Waals surface area contributed by atoms with E-state index in [9.17, 15) is 4.79 Å². The molecular formula is C19H30O3. The van der Waals surface area contributed by atoms with Gasteiger partial charge in [-0.05, 0) is 55.9 Å². The SMILES string of the molecule is CC(=COC1C=C(C)C(=O)O1)CCC1C(C)CCCC1(C)C. The van der Waals surface area contributed by atoms with Gasteiger partial charge in [0.05, 0.1) is 6.26 Å². The van der Waals surface area contributed by atoms with Gasteiger partial charge in [-0.15, -0.1) is 0 Å². The Hall–Kier alpha value is -1.25. The lowest BCUT2D eigenvalue weighted by molar-refractivity contribution is -0.152. The lowest BCUT2D eigenvalue weighted by Crippen LogP contribution is -2.33. The molecule has 1 saturated carbocycles. The zero-order chi connectivity index (χ0) is 16.3. The van der Waals surface area contributed by atoms with Crippen LogP contribution in [0, 0.1) is 17.3 Å². The van der Waals surface area contributed by atoms with Crippen LogP contribution in [0.3, 0.4) is 0 Å². The summed E-state index contributed by atoms with van der Waals surface area (Å²) in [6, 6.07) is 0. The normalized spacial score (nSPS) is 31.7. The molecule has 3 nitrogen and oxygen atoms in total. The Morgan fingerprint density at radius 2 is 2.23 bits per heavy atom. The quantitative estimate of drug-likeness (QED) is 0.531. The minimum atomic E-state index is -0.549. The number of rotatable bonds is 5. The Morgan fingerprint density at radius 3 is 2.82 bits per heavy atom. The van der Waals surface area contributed by atoms with E-state index in [2.05, 4.69) is 27.7 Å². The van der Waals surface area contributed by atoms with E-state index in [0.717, 1.165) is 18.3 Å². The lowest BCUT2D eigenvalue weighted by Gasteiger charge is -2.43. The molecule has 2 rings (SSSR count). The molecule has 1 aliphatic heterocycles. The fourth-order valence-corrected chi connectivity index (χ4v) is 3.91. The monoisotopic (exact) mass is 306 g/mol. The second-order valence-corrected chi connectivity index (χ2v) is 7.73. The first-order valence-electron chi connectivity index (χ1n) is 8.50. The molecule has 1 heterocycles. The predicted octanol–water partition coefficient (Wildman–Crippen LogP) is 4.98. The summed E-state index contributed by atoms with van der Waals surface area (Å²) in [4.78, 5) is 11.3. The number of cyclic esters (lactones) is 1. The average Bonchev–Trinajstić information content (AvgIpc) is 2.74. The third-order valence-electron chi connectivity index (χ3n) is 5.36. The van der Waals surface area contributed by atoms with E-state index in [1.165, 1.54) is 31.3 Å². The molecule has 0 saturated heterocycles. The van der Waals surface area contributed by atoms with Crippen LogP contribution in [0.1, 0.15) is 66.7 Å². The molecule has 3 unspecified atom stereocenters. The van der Waals surface area contributed by atoms with E-state index in [0.29, 0.717) is 11.0 Å². The molecule has 0 N–H and O–H groups in total. The molecule has 3 heteroatoms. The van der Waals surface area contributed by atoms with Gasteiger partial charge in [0.25, 0.3) is 6.29 Å². The summed E-state index contributed by atoms with van der Waals surface area (Å²) >= 11 is 0. The van der Waals surface area contributed by atoms with Gasteiger partial charge >= 0.3 is 5.97 Å². The zero-order valence-corrected chi connectivity index (χ0v) is 14.6. The summed E-state index contributed by atoms with van der Waals surface area (Å²) in [6.07, 6.45) is 9.24. The molecule has 124 valence electrons. The molecule has 0 radical (unpaired) electrons. The number of carbonyl (C=O) groups excluding carboxylic acids is 1. The zero-order valence-electron chi connectivity index (χ0n) is 14.6. The van der Waals surface area contributed by atoms with Gasteiger partial charge in [-0.3, -0.25) is 0 Å². The fourth-order valence-electron chi connectivity index (χ4n) is 3.91. The van der Waals surface area contributed by atoms with Gasteiger partial charge < -0.3 is 9.47 Å². The van der Waals surface area contributed by atoms with Crippen molar-refractivity contribution in [2.75, 3.05) is 0 Å². The third kappa shape index (κ3) is 4.15. The number of hydrogen-bond donors (Lipinski definition) is 0. The van der Waals surface area contributed by atoms with Crippen molar-refractivity contribution in [1.82, 2.24) is 0 Å². The fraction of sp³-hybridized carbons (Fsp3) is 0.737. The average molecular weight is 306 g/mol. The van der Waals surface area contributed by atoms with Gasteiger partial charge in [-0.1, -0.05) is 33.6 Å². The Labute approximate surface area is 134 Å². The Kier molecular flexibility index (Phi) is 5.36. The third-order valence-corrected chi connectivity index (χ3v) is 5.36. The van der Waals surface area contributed by atoms with Crippen LogP contribution < -0.4 is 0 Å². The molecule has 0 aromatic carbocycles. The molecule has 3 atom stereocenters. The first-order valence-corrected chi connectivity index (χ1v) is 8.50. The summed E-state index contributed by atoms with van der Waals surface area (Å²) in [7, 11) is 0. The molecular weight excluding hydrogens is 276 g/mol. The van der Waals surface area contributed by atoms with E-state index in [1.54, 1.807) is 19.3 Å². The maximum absolute atomic E-state index is 11.3. The highest BCUT2D eigenvalue weighted by Gasteiger charge is 2.36. The van der Waals surface area contributed by atoms with E-state index < -0.39 is 6.29 Å². The smallest absolute Gasteiger partial charge is 0.336 e. The largest absolute Gasteiger partial charge is 0.459 e. The van der Waals surface area contributed by atoms with Crippen molar-refractivity contribution in [3.05, 3.63) is 23.5 Å². The minimum absolute atomic E-state index is 0.283. The molecule has 2 aliphatic rings. The summed E-state index contributed by atoms with van der Waals surface area (Å²) < 4.78 is 10.6. The summed E-state index contributed by atoms with van der Waals surface area (Å²) in [6.45, 7) is 11.1. The van der Waals surface area contributed by atoms with E-state index in [-0.39, 0.29) is 5.97 Å². The van der Waals surface area contributed by atoms with Crippen molar-refractivity contribution in [2.24, 2.45) is 17.3 Å². The Bertz CT molecular complexity index is 473. The maximum Gasteiger partial charge on any atom is 0.336 e. The molecule has 0 spiro atoms. The lowest BCUT2D eigenvalue weighted by atomic mass is 9.62. The van der Waals surface area contributed by atoms with Crippen LogP contribution in [0.5, 0.6) is 0 Å². The van der Waals surface area contributed by atoms with Gasteiger partial charge in [-0.2, -0.15) is 0 Å². The Balaban J connectivity index is 1.83. The van der Waals surface area contributed by atoms with E-state index in [4.69, 9.17) is 9.47 Å². The Morgan fingerprint density at radius 1 is 1.50 bits per heavy atom. The van der Waals surface area contributed by atoms with Crippen molar-refractivity contribution in [2.45, 2.75) is 73.0 Å². The van der Waals surface area contributed by atoms with Crippen molar-refractivity contribution < 1.29 is 14.3 Å². The number of carbonyl (C=O) groups is 1. The van der Waals surface area contributed by atoms with E-state index >= 15 is 0 Å². The van der Waals surface area contributed by atoms with Crippen molar-refractivity contribution in [3.8, 4) is 0 Å². The van der Waals surface area contributed by atoms with Gasteiger partial charge in [0.1, 0.15) is 0 Å².